The van der Waals surface area contributed by atoms with Crippen molar-refractivity contribution in [2.45, 2.75) is 13.0 Å². The van der Waals surface area contributed by atoms with E-state index < -0.39 is 6.10 Å². The van der Waals surface area contributed by atoms with E-state index in [0.29, 0.717) is 16.9 Å². The van der Waals surface area contributed by atoms with E-state index in [9.17, 15) is 14.7 Å². The van der Waals surface area contributed by atoms with Crippen molar-refractivity contribution in [2.75, 3.05) is 0 Å². The van der Waals surface area contributed by atoms with Gasteiger partial charge in [-0.3, -0.25) is 9.59 Å². The number of para-hydroxylation sites is 1. The van der Waals surface area contributed by atoms with Gasteiger partial charge in [-0.25, -0.2) is 0 Å². The number of carbonyl (C=O) groups excluding carboxylic acids is 2. The first-order chi connectivity index (χ1) is 12.6. The molecule has 0 amide bonds. The number of benzene rings is 3. The van der Waals surface area contributed by atoms with Crippen molar-refractivity contribution in [1.29, 1.82) is 0 Å². The number of hydrogen-bond donors (Lipinski definition) is 1. The van der Waals surface area contributed by atoms with E-state index in [1.165, 1.54) is 6.92 Å². The summed E-state index contributed by atoms with van der Waals surface area (Å²) >= 11 is 0. The third kappa shape index (κ3) is 6.00. The topological polar surface area (TPSA) is 63.6 Å². The van der Waals surface area contributed by atoms with Gasteiger partial charge in [0.15, 0.2) is 5.78 Å². The molecular formula is C22H20O4. The van der Waals surface area contributed by atoms with Gasteiger partial charge in [0.2, 0.25) is 0 Å². The van der Waals surface area contributed by atoms with Crippen LogP contribution in [0.15, 0.2) is 91.0 Å². The Kier molecular flexibility index (Phi) is 7.28. The molecule has 0 bridgehead atoms. The van der Waals surface area contributed by atoms with Crippen molar-refractivity contribution < 1.29 is 19.4 Å². The highest BCUT2D eigenvalue weighted by Crippen LogP contribution is 2.17. The molecule has 3 aromatic rings. The second-order valence-corrected chi connectivity index (χ2v) is 5.45. The fraction of sp³-hybridized carbons (Fsp3) is 0.0909. The minimum atomic E-state index is -1.08. The monoisotopic (exact) mass is 348 g/mol. The lowest BCUT2D eigenvalue weighted by Gasteiger charge is -2.09. The molecule has 0 aliphatic carbocycles. The van der Waals surface area contributed by atoms with E-state index in [-0.39, 0.29) is 11.8 Å². The van der Waals surface area contributed by atoms with Crippen molar-refractivity contribution in [3.8, 4) is 5.75 Å². The molecule has 0 aromatic heterocycles. The van der Waals surface area contributed by atoms with Crippen LogP contribution in [-0.4, -0.2) is 16.9 Å². The lowest BCUT2D eigenvalue weighted by atomic mass is 10.0. The summed E-state index contributed by atoms with van der Waals surface area (Å²) < 4.78 is 4.78. The fourth-order valence-corrected chi connectivity index (χ4v) is 2.20. The molecule has 0 aliphatic heterocycles. The number of esters is 1. The molecule has 0 spiro atoms. The van der Waals surface area contributed by atoms with Gasteiger partial charge in [-0.1, -0.05) is 78.9 Å². The summed E-state index contributed by atoms with van der Waals surface area (Å²) in [7, 11) is 0. The zero-order valence-electron chi connectivity index (χ0n) is 14.4. The number of aliphatic hydroxyl groups excluding tert-OH is 1. The SMILES string of the molecule is CC(=O)Oc1ccccc1.O=C(c1ccccc1)C(O)c1ccccc1. The Morgan fingerprint density at radius 1 is 0.769 bits per heavy atom. The maximum Gasteiger partial charge on any atom is 0.308 e. The Hall–Kier alpha value is -3.24. The maximum atomic E-state index is 11.9. The van der Waals surface area contributed by atoms with E-state index >= 15 is 0 Å². The van der Waals surface area contributed by atoms with Crippen LogP contribution in [0.25, 0.3) is 0 Å². The van der Waals surface area contributed by atoms with Crippen molar-refractivity contribution in [1.82, 2.24) is 0 Å². The molecule has 1 N–H and O–H groups in total. The summed E-state index contributed by atoms with van der Waals surface area (Å²) in [6.07, 6.45) is -1.08. The van der Waals surface area contributed by atoms with Crippen LogP contribution < -0.4 is 4.74 Å². The van der Waals surface area contributed by atoms with Crippen LogP contribution >= 0.6 is 0 Å². The lowest BCUT2D eigenvalue weighted by molar-refractivity contribution is -0.131. The predicted octanol–water partition coefficient (Wildman–Crippen LogP) is 4.21. The van der Waals surface area contributed by atoms with Gasteiger partial charge in [0.05, 0.1) is 0 Å². The molecule has 0 saturated heterocycles. The number of ether oxygens (including phenoxy) is 1. The zero-order valence-corrected chi connectivity index (χ0v) is 14.4. The average Bonchev–Trinajstić information content (AvgIpc) is 2.69. The van der Waals surface area contributed by atoms with Gasteiger partial charge in [0.1, 0.15) is 11.9 Å². The van der Waals surface area contributed by atoms with E-state index in [2.05, 4.69) is 0 Å². The largest absolute Gasteiger partial charge is 0.427 e. The molecule has 3 aromatic carbocycles. The molecule has 0 aliphatic rings. The summed E-state index contributed by atoms with van der Waals surface area (Å²) in [5.74, 6) is 0.0352. The van der Waals surface area contributed by atoms with Crippen LogP contribution in [0.2, 0.25) is 0 Å². The molecule has 0 saturated carbocycles. The van der Waals surface area contributed by atoms with E-state index in [0.717, 1.165) is 0 Å². The van der Waals surface area contributed by atoms with Crippen molar-refractivity contribution in [3.05, 3.63) is 102 Å². The molecule has 1 atom stereocenters. The van der Waals surface area contributed by atoms with Crippen LogP contribution in [-0.2, 0) is 4.79 Å². The van der Waals surface area contributed by atoms with Gasteiger partial charge in [-0.15, -0.1) is 0 Å². The first-order valence-electron chi connectivity index (χ1n) is 8.13. The molecule has 26 heavy (non-hydrogen) atoms. The van der Waals surface area contributed by atoms with Crippen LogP contribution in [0.3, 0.4) is 0 Å². The summed E-state index contributed by atoms with van der Waals surface area (Å²) in [5, 5.41) is 9.89. The van der Waals surface area contributed by atoms with Crippen LogP contribution in [0.1, 0.15) is 28.9 Å². The Bertz CT molecular complexity index is 815. The van der Waals surface area contributed by atoms with Gasteiger partial charge in [-0.05, 0) is 17.7 Å². The first kappa shape index (κ1) is 19.1. The van der Waals surface area contributed by atoms with Crippen LogP contribution in [0.4, 0.5) is 0 Å². The summed E-state index contributed by atoms with van der Waals surface area (Å²) in [5.41, 5.74) is 1.15. The molecule has 0 fully saturated rings. The molecule has 1 unspecified atom stereocenters. The highest BCUT2D eigenvalue weighted by molar-refractivity contribution is 5.99. The number of Topliss-reactive ketones (excluding diaryl/α,β-unsaturated/α-hetero) is 1. The number of hydrogen-bond acceptors (Lipinski definition) is 4. The Balaban J connectivity index is 0.000000209. The third-order valence-electron chi connectivity index (χ3n) is 3.43. The summed E-state index contributed by atoms with van der Waals surface area (Å²) in [6.45, 7) is 1.38. The second kappa shape index (κ2) is 9.91. The van der Waals surface area contributed by atoms with Gasteiger partial charge < -0.3 is 9.84 Å². The van der Waals surface area contributed by atoms with Crippen molar-refractivity contribution >= 4 is 11.8 Å². The number of aliphatic hydroxyl groups is 1. The van der Waals surface area contributed by atoms with Crippen LogP contribution in [0, 0.1) is 0 Å². The Morgan fingerprint density at radius 3 is 1.73 bits per heavy atom. The quantitative estimate of drug-likeness (QED) is 0.436. The molecule has 3 rings (SSSR count). The number of ketones is 1. The fourth-order valence-electron chi connectivity index (χ4n) is 2.20. The van der Waals surface area contributed by atoms with E-state index in [1.54, 1.807) is 60.7 Å². The summed E-state index contributed by atoms with van der Waals surface area (Å²) in [4.78, 5) is 22.3. The normalized spacial score (nSPS) is 10.8. The second-order valence-electron chi connectivity index (χ2n) is 5.45. The molecule has 0 heterocycles. The van der Waals surface area contributed by atoms with Gasteiger partial charge in [-0.2, -0.15) is 0 Å². The van der Waals surface area contributed by atoms with Gasteiger partial charge in [0.25, 0.3) is 0 Å². The highest BCUT2D eigenvalue weighted by Gasteiger charge is 2.18. The average molecular weight is 348 g/mol. The predicted molar refractivity (Wildman–Crippen MR) is 99.9 cm³/mol. The van der Waals surface area contributed by atoms with E-state index in [1.807, 2.05) is 30.3 Å². The zero-order chi connectivity index (χ0) is 18.8. The van der Waals surface area contributed by atoms with E-state index in [4.69, 9.17) is 4.74 Å². The van der Waals surface area contributed by atoms with Crippen molar-refractivity contribution in [2.24, 2.45) is 0 Å². The van der Waals surface area contributed by atoms with Gasteiger partial charge in [0, 0.05) is 12.5 Å². The lowest BCUT2D eigenvalue weighted by Crippen LogP contribution is -2.11. The highest BCUT2D eigenvalue weighted by atomic mass is 16.5. The molecule has 132 valence electrons. The molecule has 4 heteroatoms. The Morgan fingerprint density at radius 2 is 1.23 bits per heavy atom. The number of carbonyl (C=O) groups is 2. The van der Waals surface area contributed by atoms with Crippen LogP contribution in [0.5, 0.6) is 5.75 Å². The first-order valence-corrected chi connectivity index (χ1v) is 8.13. The standard InChI is InChI=1S/C14H12O2.C8H8O2/c15-13(11-7-3-1-4-8-11)14(16)12-9-5-2-6-10-12;1-7(9)10-8-5-3-2-4-6-8/h1-10,13,15H;2-6H,1H3. The molecular weight excluding hydrogens is 328 g/mol. The Labute approximate surface area is 152 Å². The third-order valence-corrected chi connectivity index (χ3v) is 3.43. The smallest absolute Gasteiger partial charge is 0.308 e. The molecule has 4 nitrogen and oxygen atoms in total. The van der Waals surface area contributed by atoms with Gasteiger partial charge >= 0.3 is 5.97 Å². The summed E-state index contributed by atoms with van der Waals surface area (Å²) in [6, 6.07) is 26.7. The maximum absolute atomic E-state index is 11.9. The minimum Gasteiger partial charge on any atom is -0.427 e. The minimum absolute atomic E-state index is 0.271. The van der Waals surface area contributed by atoms with Crippen molar-refractivity contribution in [3.63, 3.8) is 0 Å². The number of rotatable bonds is 4. The molecule has 0 radical (unpaired) electrons.